The smallest absolute Gasteiger partial charge is 0.380 e. The summed E-state index contributed by atoms with van der Waals surface area (Å²) in [5.74, 6) is -1.00. The van der Waals surface area contributed by atoms with Gasteiger partial charge in [0.2, 0.25) is 0 Å². The van der Waals surface area contributed by atoms with Gasteiger partial charge < -0.3 is 15.6 Å². The van der Waals surface area contributed by atoms with Gasteiger partial charge in [-0.15, -0.1) is 0 Å². The third kappa shape index (κ3) is 3.19. The van der Waals surface area contributed by atoms with Gasteiger partial charge in [0, 0.05) is 11.6 Å². The van der Waals surface area contributed by atoms with Crippen LogP contribution in [0.3, 0.4) is 0 Å². The Kier molecular flexibility index (Phi) is 3.75. The zero-order valence-corrected chi connectivity index (χ0v) is 10.1. The number of aromatic nitrogens is 2. The monoisotopic (exact) mass is 274 g/mol. The van der Waals surface area contributed by atoms with Crippen LogP contribution in [0, 0.1) is 0 Å². The second-order valence-electron chi connectivity index (χ2n) is 3.72. The van der Waals surface area contributed by atoms with Gasteiger partial charge in [0.05, 0.1) is 0 Å². The standard InChI is InChI=1S/C12H10N4O4/c13-10(7-4-2-1-3-5-7)16-20-11(18)8-6-9(17)15-12(19)14-8/h1-6H,(H2,13,16)(H2,14,15,17,19). The van der Waals surface area contributed by atoms with Gasteiger partial charge in [0.15, 0.2) is 5.84 Å². The molecule has 0 spiro atoms. The van der Waals surface area contributed by atoms with E-state index in [1.54, 1.807) is 30.3 Å². The Morgan fingerprint density at radius 1 is 1.15 bits per heavy atom. The molecule has 0 aliphatic rings. The minimum atomic E-state index is -0.993. The highest BCUT2D eigenvalue weighted by atomic mass is 16.7. The lowest BCUT2D eigenvalue weighted by Crippen LogP contribution is -2.25. The van der Waals surface area contributed by atoms with Crippen LogP contribution in [-0.2, 0) is 4.84 Å². The molecule has 0 unspecified atom stereocenters. The van der Waals surface area contributed by atoms with Crippen molar-refractivity contribution in [2.75, 3.05) is 0 Å². The lowest BCUT2D eigenvalue weighted by Gasteiger charge is -2.00. The third-order valence-electron chi connectivity index (χ3n) is 2.28. The predicted octanol–water partition coefficient (Wildman–Crippen LogP) is -0.459. The molecule has 4 N–H and O–H groups in total. The van der Waals surface area contributed by atoms with Crippen molar-refractivity contribution in [1.29, 1.82) is 0 Å². The molecule has 2 rings (SSSR count). The Balaban J connectivity index is 2.16. The van der Waals surface area contributed by atoms with Crippen molar-refractivity contribution in [2.24, 2.45) is 10.9 Å². The summed E-state index contributed by atoms with van der Waals surface area (Å²) in [7, 11) is 0. The van der Waals surface area contributed by atoms with Crippen LogP contribution in [0.2, 0.25) is 0 Å². The van der Waals surface area contributed by atoms with Crippen molar-refractivity contribution >= 4 is 11.8 Å². The van der Waals surface area contributed by atoms with Gasteiger partial charge in [0.1, 0.15) is 5.69 Å². The number of H-pyrrole nitrogens is 2. The second kappa shape index (κ2) is 5.65. The van der Waals surface area contributed by atoms with Crippen LogP contribution in [0.25, 0.3) is 0 Å². The molecule has 1 aromatic heterocycles. The molecule has 0 saturated heterocycles. The van der Waals surface area contributed by atoms with E-state index < -0.39 is 17.2 Å². The Hall–Kier alpha value is -3.16. The van der Waals surface area contributed by atoms with Gasteiger partial charge in [-0.1, -0.05) is 35.5 Å². The number of rotatable bonds is 3. The number of carbonyl (C=O) groups is 1. The van der Waals surface area contributed by atoms with E-state index in [-0.39, 0.29) is 11.5 Å². The minimum Gasteiger partial charge on any atom is -0.380 e. The second-order valence-corrected chi connectivity index (χ2v) is 3.72. The van der Waals surface area contributed by atoms with Crippen molar-refractivity contribution in [3.63, 3.8) is 0 Å². The first-order valence-corrected chi connectivity index (χ1v) is 5.50. The number of nitrogens with zero attached hydrogens (tertiary/aromatic N) is 1. The van der Waals surface area contributed by atoms with Gasteiger partial charge in [-0.3, -0.25) is 9.78 Å². The highest BCUT2D eigenvalue weighted by molar-refractivity contribution is 5.97. The Morgan fingerprint density at radius 2 is 1.85 bits per heavy atom. The van der Waals surface area contributed by atoms with E-state index in [0.717, 1.165) is 6.07 Å². The maximum absolute atomic E-state index is 11.6. The van der Waals surface area contributed by atoms with Gasteiger partial charge in [-0.25, -0.2) is 9.59 Å². The van der Waals surface area contributed by atoms with Crippen molar-refractivity contribution < 1.29 is 9.63 Å². The number of carbonyl (C=O) groups excluding carboxylic acids is 1. The molecule has 2 aromatic rings. The fraction of sp³-hybridized carbons (Fsp3) is 0. The first-order valence-electron chi connectivity index (χ1n) is 5.50. The molecule has 1 aromatic carbocycles. The highest BCUT2D eigenvalue weighted by Gasteiger charge is 2.10. The number of benzene rings is 1. The molecule has 20 heavy (non-hydrogen) atoms. The number of hydrogen-bond acceptors (Lipinski definition) is 5. The van der Waals surface area contributed by atoms with Gasteiger partial charge in [-0.05, 0) is 0 Å². The molecular formula is C12H10N4O4. The van der Waals surface area contributed by atoms with Crippen molar-refractivity contribution in [2.45, 2.75) is 0 Å². The quantitative estimate of drug-likeness (QED) is 0.302. The molecule has 1 heterocycles. The number of nitrogens with one attached hydrogen (secondary N) is 2. The molecule has 0 amide bonds. The van der Waals surface area contributed by atoms with Gasteiger partial charge in [-0.2, -0.15) is 0 Å². The molecule has 0 atom stereocenters. The van der Waals surface area contributed by atoms with Crippen LogP contribution in [0.4, 0.5) is 0 Å². The maximum atomic E-state index is 11.6. The Bertz CT molecular complexity index is 733. The Morgan fingerprint density at radius 3 is 2.50 bits per heavy atom. The lowest BCUT2D eigenvalue weighted by molar-refractivity contribution is 0.0508. The number of aromatic amines is 2. The molecule has 102 valence electrons. The van der Waals surface area contributed by atoms with Crippen LogP contribution in [0.1, 0.15) is 16.1 Å². The molecule has 0 radical (unpaired) electrons. The zero-order chi connectivity index (χ0) is 14.5. The zero-order valence-electron chi connectivity index (χ0n) is 10.1. The van der Waals surface area contributed by atoms with Crippen molar-refractivity contribution in [1.82, 2.24) is 9.97 Å². The average molecular weight is 274 g/mol. The van der Waals surface area contributed by atoms with Crippen LogP contribution in [0.15, 0.2) is 51.1 Å². The fourth-order valence-corrected chi connectivity index (χ4v) is 1.38. The molecule has 0 fully saturated rings. The van der Waals surface area contributed by atoms with Crippen molar-refractivity contribution in [3.05, 3.63) is 68.5 Å². The van der Waals surface area contributed by atoms with E-state index in [1.807, 2.05) is 4.98 Å². The molecule has 0 aliphatic carbocycles. The van der Waals surface area contributed by atoms with Crippen LogP contribution < -0.4 is 17.0 Å². The normalized spacial score (nSPS) is 11.1. The maximum Gasteiger partial charge on any atom is 0.382 e. The molecule has 8 heteroatoms. The van der Waals surface area contributed by atoms with E-state index >= 15 is 0 Å². The number of hydrogen-bond donors (Lipinski definition) is 3. The summed E-state index contributed by atoms with van der Waals surface area (Å²) in [6.07, 6.45) is 0. The van der Waals surface area contributed by atoms with Crippen LogP contribution >= 0.6 is 0 Å². The van der Waals surface area contributed by atoms with Gasteiger partial charge in [0.25, 0.3) is 5.56 Å². The van der Waals surface area contributed by atoms with E-state index in [1.165, 1.54) is 0 Å². The first kappa shape index (κ1) is 13.3. The molecule has 0 bridgehead atoms. The number of amidine groups is 1. The van der Waals surface area contributed by atoms with Crippen molar-refractivity contribution in [3.8, 4) is 0 Å². The summed E-state index contributed by atoms with van der Waals surface area (Å²) in [6, 6.07) is 9.53. The fourth-order valence-electron chi connectivity index (χ4n) is 1.38. The number of nitrogens with two attached hydrogens (primary N) is 1. The predicted molar refractivity (Wildman–Crippen MR) is 70.3 cm³/mol. The van der Waals surface area contributed by atoms with E-state index in [2.05, 4.69) is 15.0 Å². The summed E-state index contributed by atoms with van der Waals surface area (Å²) in [5, 5.41) is 3.44. The summed E-state index contributed by atoms with van der Waals surface area (Å²) >= 11 is 0. The molecule has 0 saturated carbocycles. The van der Waals surface area contributed by atoms with E-state index in [9.17, 15) is 14.4 Å². The minimum absolute atomic E-state index is 0.00821. The van der Waals surface area contributed by atoms with Crippen LogP contribution in [-0.4, -0.2) is 21.8 Å². The van der Waals surface area contributed by atoms with Gasteiger partial charge >= 0.3 is 11.7 Å². The topological polar surface area (TPSA) is 130 Å². The summed E-state index contributed by atoms with van der Waals surface area (Å²) in [6.45, 7) is 0. The van der Waals surface area contributed by atoms with E-state index in [0.29, 0.717) is 5.56 Å². The SMILES string of the molecule is N/C(=N\OC(=O)c1cc(=O)[nH]c(=O)[nH]1)c1ccccc1. The summed E-state index contributed by atoms with van der Waals surface area (Å²) in [5.41, 5.74) is 4.33. The average Bonchev–Trinajstić information content (AvgIpc) is 2.44. The Labute approximate surface area is 111 Å². The number of oxime groups is 1. The third-order valence-corrected chi connectivity index (χ3v) is 2.28. The first-order chi connectivity index (χ1) is 9.56. The molecule has 0 aliphatic heterocycles. The van der Waals surface area contributed by atoms with E-state index in [4.69, 9.17) is 5.73 Å². The molecule has 8 nitrogen and oxygen atoms in total. The largest absolute Gasteiger partial charge is 0.382 e. The van der Waals surface area contributed by atoms with Crippen LogP contribution in [0.5, 0.6) is 0 Å². The summed E-state index contributed by atoms with van der Waals surface area (Å²) in [4.78, 5) is 42.2. The highest BCUT2D eigenvalue weighted by Crippen LogP contribution is 1.99. The molecular weight excluding hydrogens is 264 g/mol. The summed E-state index contributed by atoms with van der Waals surface area (Å²) < 4.78 is 0. The lowest BCUT2D eigenvalue weighted by atomic mass is 10.2.